The lowest BCUT2D eigenvalue weighted by Gasteiger charge is -2.09. The molecule has 0 atom stereocenters. The molecule has 0 aliphatic rings. The Labute approximate surface area is 114 Å². The average molecular weight is 349 g/mol. The summed E-state index contributed by atoms with van der Waals surface area (Å²) in [6.45, 7) is 5.28. The Morgan fingerprint density at radius 2 is 2.38 bits per heavy atom. The summed E-state index contributed by atoms with van der Waals surface area (Å²) in [5.41, 5.74) is 0. The second-order valence-corrected chi connectivity index (χ2v) is 6.19. The summed E-state index contributed by atoms with van der Waals surface area (Å²) in [5, 5.41) is 6.39. The first-order chi connectivity index (χ1) is 7.76. The summed E-state index contributed by atoms with van der Waals surface area (Å²) in [6.07, 6.45) is 2.84. The molecule has 0 spiro atoms. The number of nitrogens with zero attached hydrogens (tertiary/aromatic N) is 1. The van der Waals surface area contributed by atoms with E-state index in [1.54, 1.807) is 7.05 Å². The highest BCUT2D eigenvalue weighted by Gasteiger charge is 1.98. The zero-order chi connectivity index (χ0) is 11.8. The minimum Gasteiger partial charge on any atom is -0.356 e. The number of hydrogen-bond acceptors (Lipinski definition) is 2. The van der Waals surface area contributed by atoms with Crippen molar-refractivity contribution < 1.29 is 0 Å². The molecule has 2 N–H and O–H groups in total. The second-order valence-electron chi connectivity index (χ2n) is 3.12. The molecule has 0 saturated heterocycles. The van der Waals surface area contributed by atoms with Gasteiger partial charge in [-0.3, -0.25) is 4.99 Å². The topological polar surface area (TPSA) is 36.4 Å². The van der Waals surface area contributed by atoms with Gasteiger partial charge in [-0.25, -0.2) is 0 Å². The molecule has 3 nitrogen and oxygen atoms in total. The molecule has 0 radical (unpaired) electrons. The fraction of sp³-hybridized carbons (Fsp3) is 0.364. The highest BCUT2D eigenvalue weighted by atomic mass is 127. The maximum Gasteiger partial charge on any atom is 0.191 e. The van der Waals surface area contributed by atoms with Crippen LogP contribution in [0.3, 0.4) is 0 Å². The standard InChI is InChI=1S/C11H16IN3S/c1-3-7-14-11(13-2)15-8-6-9-4-5-10(12)16-9/h3-5H,1,6-8H2,2H3,(H2,13,14,15). The van der Waals surface area contributed by atoms with Crippen molar-refractivity contribution in [3.8, 4) is 0 Å². The van der Waals surface area contributed by atoms with Crippen LogP contribution in [0.25, 0.3) is 0 Å². The van der Waals surface area contributed by atoms with Crippen LogP contribution in [0.1, 0.15) is 4.88 Å². The van der Waals surface area contributed by atoms with E-state index in [-0.39, 0.29) is 0 Å². The van der Waals surface area contributed by atoms with Gasteiger partial charge in [0, 0.05) is 25.0 Å². The summed E-state index contributed by atoms with van der Waals surface area (Å²) in [5.74, 6) is 0.825. The van der Waals surface area contributed by atoms with Crippen molar-refractivity contribution in [2.45, 2.75) is 6.42 Å². The molecule has 1 aromatic rings. The van der Waals surface area contributed by atoms with Gasteiger partial charge in [-0.2, -0.15) is 0 Å². The van der Waals surface area contributed by atoms with Crippen molar-refractivity contribution in [3.05, 3.63) is 32.5 Å². The third-order valence-electron chi connectivity index (χ3n) is 1.93. The molecule has 0 amide bonds. The highest BCUT2D eigenvalue weighted by molar-refractivity contribution is 14.1. The molecule has 0 bridgehead atoms. The third-order valence-corrected chi connectivity index (χ3v) is 3.88. The number of thiophene rings is 1. The molecule has 0 aromatic carbocycles. The lowest BCUT2D eigenvalue weighted by atomic mass is 10.3. The Morgan fingerprint density at radius 3 is 2.94 bits per heavy atom. The molecular weight excluding hydrogens is 333 g/mol. The van der Waals surface area contributed by atoms with E-state index in [0.29, 0.717) is 0 Å². The van der Waals surface area contributed by atoms with E-state index < -0.39 is 0 Å². The van der Waals surface area contributed by atoms with Gasteiger partial charge in [0.1, 0.15) is 0 Å². The van der Waals surface area contributed by atoms with Crippen LogP contribution in [0.5, 0.6) is 0 Å². The second kappa shape index (κ2) is 7.67. The van der Waals surface area contributed by atoms with E-state index >= 15 is 0 Å². The van der Waals surface area contributed by atoms with E-state index in [9.17, 15) is 0 Å². The van der Waals surface area contributed by atoms with Gasteiger partial charge in [-0.1, -0.05) is 6.08 Å². The quantitative estimate of drug-likeness (QED) is 0.370. The molecule has 5 heteroatoms. The van der Waals surface area contributed by atoms with E-state index in [0.717, 1.165) is 25.5 Å². The Kier molecular flexibility index (Phi) is 6.47. The van der Waals surface area contributed by atoms with Crippen molar-refractivity contribution in [2.75, 3.05) is 20.1 Å². The Morgan fingerprint density at radius 1 is 1.56 bits per heavy atom. The van der Waals surface area contributed by atoms with Gasteiger partial charge in [0.2, 0.25) is 0 Å². The Hall–Kier alpha value is -0.560. The lowest BCUT2D eigenvalue weighted by molar-refractivity contribution is 0.829. The molecule has 1 heterocycles. The minimum absolute atomic E-state index is 0.733. The van der Waals surface area contributed by atoms with Crippen molar-refractivity contribution in [3.63, 3.8) is 0 Å². The van der Waals surface area contributed by atoms with E-state index in [1.807, 2.05) is 17.4 Å². The largest absolute Gasteiger partial charge is 0.356 e. The number of nitrogens with one attached hydrogen (secondary N) is 2. The van der Waals surface area contributed by atoms with Gasteiger partial charge < -0.3 is 10.6 Å². The fourth-order valence-electron chi connectivity index (χ4n) is 1.18. The first kappa shape index (κ1) is 13.5. The Balaban J connectivity index is 2.26. The van der Waals surface area contributed by atoms with Crippen molar-refractivity contribution in [1.82, 2.24) is 10.6 Å². The van der Waals surface area contributed by atoms with E-state index in [1.165, 1.54) is 7.76 Å². The number of rotatable bonds is 5. The number of hydrogen-bond donors (Lipinski definition) is 2. The van der Waals surface area contributed by atoms with Crippen molar-refractivity contribution in [1.29, 1.82) is 0 Å². The number of guanidine groups is 1. The van der Waals surface area contributed by atoms with Crippen LogP contribution in [-0.2, 0) is 6.42 Å². The smallest absolute Gasteiger partial charge is 0.191 e. The molecule has 88 valence electrons. The van der Waals surface area contributed by atoms with Gasteiger partial charge >= 0.3 is 0 Å². The summed E-state index contributed by atoms with van der Waals surface area (Å²) in [7, 11) is 1.77. The number of halogens is 1. The maximum atomic E-state index is 4.11. The van der Waals surface area contributed by atoms with Crippen LogP contribution in [0.2, 0.25) is 0 Å². The molecule has 0 saturated carbocycles. The van der Waals surface area contributed by atoms with Crippen LogP contribution >= 0.6 is 33.9 Å². The van der Waals surface area contributed by atoms with E-state index in [4.69, 9.17) is 0 Å². The van der Waals surface area contributed by atoms with Crippen LogP contribution in [0.4, 0.5) is 0 Å². The average Bonchev–Trinajstić information content (AvgIpc) is 2.69. The van der Waals surface area contributed by atoms with E-state index in [2.05, 4.69) is 56.9 Å². The van der Waals surface area contributed by atoms with Gasteiger partial charge in [0.25, 0.3) is 0 Å². The summed E-state index contributed by atoms with van der Waals surface area (Å²) in [4.78, 5) is 5.51. The zero-order valence-electron chi connectivity index (χ0n) is 9.29. The summed E-state index contributed by atoms with van der Waals surface area (Å²) in [6, 6.07) is 4.32. The Bertz CT molecular complexity index is 360. The van der Waals surface area contributed by atoms with Gasteiger partial charge in [-0.05, 0) is 41.1 Å². The predicted octanol–water partition coefficient (Wildman–Crippen LogP) is 2.25. The normalized spacial score (nSPS) is 11.2. The van der Waals surface area contributed by atoms with Crippen LogP contribution in [0, 0.1) is 2.88 Å². The summed E-state index contributed by atoms with van der Waals surface area (Å²) < 4.78 is 1.33. The molecule has 0 unspecified atom stereocenters. The molecule has 1 aromatic heterocycles. The van der Waals surface area contributed by atoms with Crippen LogP contribution in [0.15, 0.2) is 29.8 Å². The lowest BCUT2D eigenvalue weighted by Crippen LogP contribution is -2.38. The maximum absolute atomic E-state index is 4.11. The fourth-order valence-corrected chi connectivity index (χ4v) is 2.93. The molecule has 16 heavy (non-hydrogen) atoms. The summed E-state index contributed by atoms with van der Waals surface area (Å²) >= 11 is 4.18. The van der Waals surface area contributed by atoms with Crippen LogP contribution in [-0.4, -0.2) is 26.1 Å². The van der Waals surface area contributed by atoms with Gasteiger partial charge in [0.15, 0.2) is 5.96 Å². The highest BCUT2D eigenvalue weighted by Crippen LogP contribution is 2.18. The molecule has 0 fully saturated rings. The molecular formula is C11H16IN3S. The van der Waals surface area contributed by atoms with Crippen LogP contribution < -0.4 is 10.6 Å². The predicted molar refractivity (Wildman–Crippen MR) is 80.3 cm³/mol. The SMILES string of the molecule is C=CCNC(=NC)NCCc1ccc(I)s1. The zero-order valence-corrected chi connectivity index (χ0v) is 12.3. The first-order valence-electron chi connectivity index (χ1n) is 5.06. The number of aliphatic imine (C=N–C) groups is 1. The van der Waals surface area contributed by atoms with Crippen molar-refractivity contribution in [2.24, 2.45) is 4.99 Å². The van der Waals surface area contributed by atoms with Gasteiger partial charge in [-0.15, -0.1) is 17.9 Å². The monoisotopic (exact) mass is 349 g/mol. The first-order valence-corrected chi connectivity index (χ1v) is 6.95. The minimum atomic E-state index is 0.733. The molecule has 0 aliphatic carbocycles. The molecule has 0 aliphatic heterocycles. The van der Waals surface area contributed by atoms with Crippen molar-refractivity contribution >= 4 is 39.9 Å². The van der Waals surface area contributed by atoms with Gasteiger partial charge in [0.05, 0.1) is 2.88 Å². The molecule has 1 rings (SSSR count). The third kappa shape index (κ3) is 4.98.